The molecule has 0 unspecified atom stereocenters. The zero-order valence-electron chi connectivity index (χ0n) is 13.9. The number of aliphatic hydroxyl groups is 1. The van der Waals surface area contributed by atoms with Crippen LogP contribution in [0.2, 0.25) is 0 Å². The van der Waals surface area contributed by atoms with Crippen LogP contribution in [-0.4, -0.2) is 77.8 Å². The van der Waals surface area contributed by atoms with Crippen molar-refractivity contribution in [2.75, 3.05) is 45.9 Å². The number of β-amino-alcohol motifs (C(OH)–C–C–N with tert-alkyl or cyclic N) is 1. The number of unbranched alkanes of at least 4 members (excludes halogenated alkanes) is 2. The highest BCUT2D eigenvalue weighted by molar-refractivity contribution is 5.97. The quantitative estimate of drug-likeness (QED) is 0.286. The zero-order valence-corrected chi connectivity index (χ0v) is 13.9. The predicted octanol–water partition coefficient (Wildman–Crippen LogP) is -0.235. The summed E-state index contributed by atoms with van der Waals surface area (Å²) in [5.41, 5.74) is 0.0798. The van der Waals surface area contributed by atoms with E-state index in [1.807, 2.05) is 11.0 Å². The molecule has 1 rings (SSSR count). The number of nitriles is 1. The van der Waals surface area contributed by atoms with Crippen molar-refractivity contribution in [1.82, 2.24) is 15.1 Å². The Morgan fingerprint density at radius 1 is 1.17 bits per heavy atom. The number of carboxylic acid groups (broad SMARTS) is 1. The summed E-state index contributed by atoms with van der Waals surface area (Å²) in [5, 5.41) is 29.3. The molecule has 0 aromatic rings. The lowest BCUT2D eigenvalue weighted by Gasteiger charge is -2.33. The molecule has 0 radical (unpaired) electrons. The summed E-state index contributed by atoms with van der Waals surface area (Å²) in [7, 11) is 0. The van der Waals surface area contributed by atoms with Crippen molar-refractivity contribution in [2.45, 2.75) is 25.7 Å². The van der Waals surface area contributed by atoms with Gasteiger partial charge < -0.3 is 20.4 Å². The lowest BCUT2D eigenvalue weighted by atomic mass is 10.2. The third-order valence-electron chi connectivity index (χ3n) is 3.85. The summed E-state index contributed by atoms with van der Waals surface area (Å²) >= 11 is 0. The van der Waals surface area contributed by atoms with Crippen LogP contribution in [-0.2, 0) is 9.59 Å². The molecule has 8 nitrogen and oxygen atoms in total. The molecule has 0 aliphatic carbocycles. The van der Waals surface area contributed by atoms with Crippen LogP contribution in [0.5, 0.6) is 0 Å². The largest absolute Gasteiger partial charge is 0.481 e. The summed E-state index contributed by atoms with van der Waals surface area (Å²) in [5.74, 6) is -1.21. The number of carbonyl (C=O) groups is 2. The number of amides is 1. The highest BCUT2D eigenvalue weighted by atomic mass is 16.4. The minimum absolute atomic E-state index is 0.0798. The molecule has 1 fully saturated rings. The van der Waals surface area contributed by atoms with E-state index in [1.165, 1.54) is 0 Å². The molecule has 1 saturated heterocycles. The predicted molar refractivity (Wildman–Crippen MR) is 87.9 cm³/mol. The Kier molecular flexibility index (Phi) is 9.49. The first-order valence-corrected chi connectivity index (χ1v) is 8.26. The van der Waals surface area contributed by atoms with Crippen LogP contribution >= 0.6 is 0 Å². The first-order chi connectivity index (χ1) is 11.6. The SMILES string of the molecule is N#C/C(=C/N1CCN(CCO)CC1)C(=O)NCCCCCC(=O)O. The number of aliphatic hydroxyl groups excluding tert-OH is 1. The summed E-state index contributed by atoms with van der Waals surface area (Å²) in [6, 6.07) is 1.93. The summed E-state index contributed by atoms with van der Waals surface area (Å²) in [4.78, 5) is 26.4. The molecule has 0 aromatic carbocycles. The summed E-state index contributed by atoms with van der Waals surface area (Å²) in [6.45, 7) is 4.23. The van der Waals surface area contributed by atoms with Gasteiger partial charge in [0.05, 0.1) is 6.61 Å². The van der Waals surface area contributed by atoms with Crippen LogP contribution in [0.15, 0.2) is 11.8 Å². The molecular formula is C16H26N4O4. The minimum Gasteiger partial charge on any atom is -0.481 e. The Hall–Kier alpha value is -2.11. The number of carboxylic acids is 1. The van der Waals surface area contributed by atoms with E-state index >= 15 is 0 Å². The van der Waals surface area contributed by atoms with Crippen molar-refractivity contribution in [3.63, 3.8) is 0 Å². The fraction of sp³-hybridized carbons (Fsp3) is 0.688. The highest BCUT2D eigenvalue weighted by Gasteiger charge is 2.16. The summed E-state index contributed by atoms with van der Waals surface area (Å²) < 4.78 is 0. The van der Waals surface area contributed by atoms with E-state index in [4.69, 9.17) is 15.5 Å². The van der Waals surface area contributed by atoms with E-state index in [0.29, 0.717) is 39.0 Å². The van der Waals surface area contributed by atoms with E-state index in [9.17, 15) is 9.59 Å². The third kappa shape index (κ3) is 7.94. The summed E-state index contributed by atoms with van der Waals surface area (Å²) in [6.07, 6.45) is 3.74. The lowest BCUT2D eigenvalue weighted by molar-refractivity contribution is -0.137. The third-order valence-corrected chi connectivity index (χ3v) is 3.85. The van der Waals surface area contributed by atoms with Gasteiger partial charge >= 0.3 is 5.97 Å². The van der Waals surface area contributed by atoms with Crippen molar-refractivity contribution < 1.29 is 19.8 Å². The number of carbonyl (C=O) groups excluding carboxylic acids is 1. The maximum absolute atomic E-state index is 12.0. The van der Waals surface area contributed by atoms with Crippen molar-refractivity contribution >= 4 is 11.9 Å². The van der Waals surface area contributed by atoms with Crippen LogP contribution in [0.4, 0.5) is 0 Å². The standard InChI is InChI=1S/C16H26N4O4/c17-12-14(13-20-8-6-19(7-9-20)10-11-21)16(24)18-5-3-1-2-4-15(22)23/h13,21H,1-11H2,(H,18,24)(H,22,23)/b14-13-. The van der Waals surface area contributed by atoms with E-state index in [0.717, 1.165) is 19.5 Å². The van der Waals surface area contributed by atoms with E-state index in [1.54, 1.807) is 6.20 Å². The first-order valence-electron chi connectivity index (χ1n) is 8.26. The fourth-order valence-electron chi connectivity index (χ4n) is 2.45. The van der Waals surface area contributed by atoms with Gasteiger partial charge in [-0.3, -0.25) is 14.5 Å². The smallest absolute Gasteiger partial charge is 0.303 e. The number of hydrogen-bond donors (Lipinski definition) is 3. The Morgan fingerprint density at radius 2 is 1.88 bits per heavy atom. The molecule has 0 aromatic heterocycles. The Morgan fingerprint density at radius 3 is 2.46 bits per heavy atom. The van der Waals surface area contributed by atoms with Gasteiger partial charge in [0, 0.05) is 51.9 Å². The molecule has 0 saturated carbocycles. The van der Waals surface area contributed by atoms with Crippen LogP contribution in [0, 0.1) is 11.3 Å². The average molecular weight is 338 g/mol. The maximum atomic E-state index is 12.0. The number of nitrogens with zero attached hydrogens (tertiary/aromatic N) is 3. The molecule has 0 bridgehead atoms. The van der Waals surface area contributed by atoms with Gasteiger partial charge in [-0.2, -0.15) is 5.26 Å². The number of piperazine rings is 1. The molecule has 24 heavy (non-hydrogen) atoms. The van der Waals surface area contributed by atoms with Gasteiger partial charge in [-0.25, -0.2) is 0 Å². The monoisotopic (exact) mass is 338 g/mol. The van der Waals surface area contributed by atoms with Crippen LogP contribution in [0.1, 0.15) is 25.7 Å². The van der Waals surface area contributed by atoms with Crippen molar-refractivity contribution in [3.05, 3.63) is 11.8 Å². The van der Waals surface area contributed by atoms with Crippen molar-refractivity contribution in [3.8, 4) is 6.07 Å². The van der Waals surface area contributed by atoms with Gasteiger partial charge in [-0.1, -0.05) is 6.42 Å². The molecule has 1 heterocycles. The van der Waals surface area contributed by atoms with Gasteiger partial charge in [-0.15, -0.1) is 0 Å². The van der Waals surface area contributed by atoms with Gasteiger partial charge in [-0.05, 0) is 12.8 Å². The average Bonchev–Trinajstić information content (AvgIpc) is 2.57. The molecule has 8 heteroatoms. The van der Waals surface area contributed by atoms with E-state index in [2.05, 4.69) is 10.2 Å². The van der Waals surface area contributed by atoms with E-state index in [-0.39, 0.29) is 18.6 Å². The topological polar surface area (TPSA) is 117 Å². The lowest BCUT2D eigenvalue weighted by Crippen LogP contribution is -2.45. The molecule has 1 aliphatic heterocycles. The van der Waals surface area contributed by atoms with E-state index < -0.39 is 11.9 Å². The molecule has 0 spiro atoms. The molecule has 1 amide bonds. The van der Waals surface area contributed by atoms with Gasteiger partial charge in [0.15, 0.2) is 0 Å². The molecule has 1 aliphatic rings. The van der Waals surface area contributed by atoms with Crippen LogP contribution in [0.25, 0.3) is 0 Å². The van der Waals surface area contributed by atoms with Crippen molar-refractivity contribution in [1.29, 1.82) is 5.26 Å². The number of rotatable bonds is 10. The second-order valence-electron chi connectivity index (χ2n) is 5.72. The second kappa shape index (κ2) is 11.4. The van der Waals surface area contributed by atoms with Gasteiger partial charge in [0.2, 0.25) is 0 Å². The normalized spacial score (nSPS) is 15.8. The number of nitrogens with one attached hydrogen (secondary N) is 1. The fourth-order valence-corrected chi connectivity index (χ4v) is 2.45. The first kappa shape index (κ1) is 19.9. The van der Waals surface area contributed by atoms with Gasteiger partial charge in [0.25, 0.3) is 5.91 Å². The highest BCUT2D eigenvalue weighted by Crippen LogP contribution is 2.05. The van der Waals surface area contributed by atoms with Crippen molar-refractivity contribution in [2.24, 2.45) is 0 Å². The van der Waals surface area contributed by atoms with Crippen LogP contribution < -0.4 is 5.32 Å². The van der Waals surface area contributed by atoms with Gasteiger partial charge in [0.1, 0.15) is 11.6 Å². The second-order valence-corrected chi connectivity index (χ2v) is 5.72. The molecule has 0 atom stereocenters. The Labute approximate surface area is 142 Å². The zero-order chi connectivity index (χ0) is 17.8. The minimum atomic E-state index is -0.812. The Bertz CT molecular complexity index is 479. The molecule has 134 valence electrons. The molecule has 3 N–H and O–H groups in total. The maximum Gasteiger partial charge on any atom is 0.303 e. The number of aliphatic carboxylic acids is 1. The molecular weight excluding hydrogens is 312 g/mol. The number of hydrogen-bond acceptors (Lipinski definition) is 6. The van der Waals surface area contributed by atoms with Crippen LogP contribution in [0.3, 0.4) is 0 Å². The Balaban J connectivity index is 2.30.